The number of nitrogens with two attached hydrogens (primary N) is 1. The van der Waals surface area contributed by atoms with Crippen molar-refractivity contribution < 1.29 is 9.53 Å². The molecule has 0 spiro atoms. The fraction of sp³-hybridized carbons (Fsp3) is 0.273. The average molecular weight is 507 g/mol. The molecule has 0 unspecified atom stereocenters. The van der Waals surface area contributed by atoms with Gasteiger partial charge in [-0.25, -0.2) is 4.79 Å². The van der Waals surface area contributed by atoms with Crippen molar-refractivity contribution in [3.05, 3.63) is 58.2 Å². The number of hydrogen-bond donors (Lipinski definition) is 3. The van der Waals surface area contributed by atoms with Gasteiger partial charge in [0.2, 0.25) is 0 Å². The molecule has 7 nitrogen and oxygen atoms in total. The van der Waals surface area contributed by atoms with E-state index in [9.17, 15) is 4.79 Å². The number of benzene rings is 2. The molecule has 0 radical (unpaired) electrons. The second-order valence-electron chi connectivity index (χ2n) is 7.64. The van der Waals surface area contributed by atoms with Crippen molar-refractivity contribution >= 4 is 44.9 Å². The topological polar surface area (TPSA) is 94.2 Å². The minimum absolute atomic E-state index is 0.403. The van der Waals surface area contributed by atoms with Gasteiger partial charge in [-0.05, 0) is 73.1 Å². The van der Waals surface area contributed by atoms with E-state index in [0.29, 0.717) is 35.1 Å². The van der Waals surface area contributed by atoms with Crippen LogP contribution in [0.4, 0.5) is 16.2 Å². The van der Waals surface area contributed by atoms with E-state index in [0.717, 1.165) is 15.7 Å². The van der Waals surface area contributed by atoms with Crippen molar-refractivity contribution in [2.75, 3.05) is 17.2 Å². The van der Waals surface area contributed by atoms with Crippen molar-refractivity contribution in [3.63, 3.8) is 0 Å². The molecule has 0 fully saturated rings. The van der Waals surface area contributed by atoms with Gasteiger partial charge in [0, 0.05) is 18.3 Å². The first-order valence-electron chi connectivity index (χ1n) is 9.74. The van der Waals surface area contributed by atoms with Crippen molar-refractivity contribution in [1.82, 2.24) is 9.78 Å². The highest BCUT2D eigenvalue weighted by Gasteiger charge is 2.23. The number of urea groups is 1. The number of nitrogens with zero attached hydrogens (tertiary/aromatic N) is 2. The number of nitrogens with one attached hydrogen (secondary N) is 2. The Morgan fingerprint density at radius 3 is 2.65 bits per heavy atom. The molecular weight excluding hydrogens is 482 g/mol. The lowest BCUT2D eigenvalue weighted by Gasteiger charge is -2.27. The number of halogens is 2. The van der Waals surface area contributed by atoms with Gasteiger partial charge in [-0.15, -0.1) is 0 Å². The largest absolute Gasteiger partial charge is 0.487 e. The van der Waals surface area contributed by atoms with Crippen LogP contribution in [0.15, 0.2) is 53.1 Å². The Morgan fingerprint density at radius 2 is 2.00 bits per heavy atom. The number of aryl methyl sites for hydroxylation is 1. The zero-order valence-electron chi connectivity index (χ0n) is 17.6. The SMILES string of the molecule is Cn1ncc(Br)c1-c1cc(NC(=O)Nc2ccccc2Cl)ccc1OC(C)(C)CCN. The van der Waals surface area contributed by atoms with E-state index < -0.39 is 11.6 Å². The Balaban J connectivity index is 1.92. The molecule has 2 amide bonds. The zero-order chi connectivity index (χ0) is 22.6. The summed E-state index contributed by atoms with van der Waals surface area (Å²) in [5, 5.41) is 10.4. The van der Waals surface area contributed by atoms with Gasteiger partial charge in [-0.3, -0.25) is 4.68 Å². The molecule has 3 aromatic rings. The summed E-state index contributed by atoms with van der Waals surface area (Å²) < 4.78 is 8.85. The second-order valence-corrected chi connectivity index (χ2v) is 8.90. The van der Waals surface area contributed by atoms with Crippen LogP contribution in [0.25, 0.3) is 11.3 Å². The van der Waals surface area contributed by atoms with Crippen LogP contribution >= 0.6 is 27.5 Å². The summed E-state index contributed by atoms with van der Waals surface area (Å²) in [7, 11) is 1.85. The molecule has 4 N–H and O–H groups in total. The molecule has 2 aromatic carbocycles. The number of anilines is 2. The molecule has 0 saturated heterocycles. The monoisotopic (exact) mass is 505 g/mol. The van der Waals surface area contributed by atoms with Gasteiger partial charge in [0.05, 0.1) is 27.1 Å². The molecule has 1 aromatic heterocycles. The molecule has 3 rings (SSSR count). The summed E-state index contributed by atoms with van der Waals surface area (Å²) in [6.07, 6.45) is 2.41. The third-order valence-corrected chi connectivity index (χ3v) is 5.55. The maximum atomic E-state index is 12.5. The maximum Gasteiger partial charge on any atom is 0.323 e. The maximum absolute atomic E-state index is 12.5. The number of aromatic nitrogens is 2. The molecule has 0 aliphatic rings. The Hall–Kier alpha value is -2.55. The average Bonchev–Trinajstić information content (AvgIpc) is 3.03. The van der Waals surface area contributed by atoms with Gasteiger partial charge in [0.1, 0.15) is 11.4 Å². The number of carbonyl (C=O) groups is 1. The number of ether oxygens (including phenoxy) is 1. The highest BCUT2D eigenvalue weighted by atomic mass is 79.9. The first kappa shape index (κ1) is 23.1. The summed E-state index contributed by atoms with van der Waals surface area (Å²) in [6, 6.07) is 12.1. The normalized spacial score (nSPS) is 11.3. The Kier molecular flexibility index (Phi) is 7.25. The summed E-state index contributed by atoms with van der Waals surface area (Å²) >= 11 is 9.68. The highest BCUT2D eigenvalue weighted by Crippen LogP contribution is 2.38. The van der Waals surface area contributed by atoms with E-state index in [1.807, 2.05) is 33.0 Å². The van der Waals surface area contributed by atoms with Gasteiger partial charge < -0.3 is 21.1 Å². The summed E-state index contributed by atoms with van der Waals surface area (Å²) in [5.41, 5.74) is 8.02. The molecule has 0 bridgehead atoms. The summed E-state index contributed by atoms with van der Waals surface area (Å²) in [4.78, 5) is 12.5. The first-order valence-corrected chi connectivity index (χ1v) is 10.9. The van der Waals surface area contributed by atoms with Crippen LogP contribution in [0.1, 0.15) is 20.3 Å². The van der Waals surface area contributed by atoms with E-state index >= 15 is 0 Å². The molecule has 0 saturated carbocycles. The predicted octanol–water partition coefficient (Wildman–Crippen LogP) is 5.65. The van der Waals surface area contributed by atoms with E-state index in [-0.39, 0.29) is 0 Å². The van der Waals surface area contributed by atoms with Crippen LogP contribution in [0.3, 0.4) is 0 Å². The van der Waals surface area contributed by atoms with Crippen molar-refractivity contribution in [3.8, 4) is 17.0 Å². The molecule has 0 atom stereocenters. The molecular formula is C22H25BrClN5O2. The van der Waals surface area contributed by atoms with E-state index in [1.165, 1.54) is 0 Å². The van der Waals surface area contributed by atoms with E-state index in [4.69, 9.17) is 22.1 Å². The van der Waals surface area contributed by atoms with Gasteiger partial charge >= 0.3 is 6.03 Å². The quantitative estimate of drug-likeness (QED) is 0.386. The van der Waals surface area contributed by atoms with Crippen LogP contribution in [0.5, 0.6) is 5.75 Å². The lowest BCUT2D eigenvalue weighted by atomic mass is 10.0. The molecule has 164 valence electrons. The number of carbonyl (C=O) groups excluding carboxylic acids is 1. The number of amides is 2. The van der Waals surface area contributed by atoms with Crippen LogP contribution < -0.4 is 21.1 Å². The molecule has 0 aliphatic carbocycles. The third kappa shape index (κ3) is 5.78. The van der Waals surface area contributed by atoms with Crippen LogP contribution in [0, 0.1) is 0 Å². The second kappa shape index (κ2) is 9.72. The van der Waals surface area contributed by atoms with Crippen molar-refractivity contribution in [1.29, 1.82) is 0 Å². The summed E-state index contributed by atoms with van der Waals surface area (Å²) in [5.74, 6) is 0.666. The van der Waals surface area contributed by atoms with Crippen LogP contribution in [-0.2, 0) is 7.05 Å². The van der Waals surface area contributed by atoms with Crippen LogP contribution in [0.2, 0.25) is 5.02 Å². The van der Waals surface area contributed by atoms with Crippen molar-refractivity contribution in [2.45, 2.75) is 25.9 Å². The molecule has 31 heavy (non-hydrogen) atoms. The number of para-hydroxylation sites is 1. The number of rotatable bonds is 7. The minimum atomic E-state index is -0.453. The summed E-state index contributed by atoms with van der Waals surface area (Å²) in [6.45, 7) is 4.50. The molecule has 1 heterocycles. The van der Waals surface area contributed by atoms with E-state index in [2.05, 4.69) is 31.7 Å². The fourth-order valence-corrected chi connectivity index (χ4v) is 3.88. The van der Waals surface area contributed by atoms with Gasteiger partial charge in [0.25, 0.3) is 0 Å². The first-order chi connectivity index (χ1) is 14.7. The molecule has 0 aliphatic heterocycles. The minimum Gasteiger partial charge on any atom is -0.487 e. The van der Waals surface area contributed by atoms with Gasteiger partial charge in [0.15, 0.2) is 0 Å². The zero-order valence-corrected chi connectivity index (χ0v) is 19.9. The van der Waals surface area contributed by atoms with Gasteiger partial charge in [-0.2, -0.15) is 5.10 Å². The lowest BCUT2D eigenvalue weighted by molar-refractivity contribution is 0.103. The highest BCUT2D eigenvalue weighted by molar-refractivity contribution is 9.10. The standard InChI is InChI=1S/C22H25BrClN5O2/c1-22(2,10-11-25)31-19-9-8-14(12-15(19)20-16(23)13-26-29(20)3)27-21(30)28-18-7-5-4-6-17(18)24/h4-9,12-13H,10-11,25H2,1-3H3,(H2,27,28,30). The third-order valence-electron chi connectivity index (χ3n) is 4.64. The Bertz CT molecular complexity index is 1060. The number of hydrogen-bond acceptors (Lipinski definition) is 4. The smallest absolute Gasteiger partial charge is 0.323 e. The van der Waals surface area contributed by atoms with Gasteiger partial charge in [-0.1, -0.05) is 23.7 Å². The fourth-order valence-electron chi connectivity index (χ4n) is 3.14. The van der Waals surface area contributed by atoms with Crippen LogP contribution in [-0.4, -0.2) is 28.0 Å². The molecule has 9 heteroatoms. The lowest BCUT2D eigenvalue weighted by Crippen LogP contribution is -2.31. The Morgan fingerprint density at radius 1 is 1.26 bits per heavy atom. The van der Waals surface area contributed by atoms with E-state index in [1.54, 1.807) is 41.2 Å². The van der Waals surface area contributed by atoms with Crippen molar-refractivity contribution in [2.24, 2.45) is 12.8 Å². The predicted molar refractivity (Wildman–Crippen MR) is 129 cm³/mol. The Labute approximate surface area is 195 Å².